The molecule has 202 valence electrons. The van der Waals surface area contributed by atoms with Gasteiger partial charge in [0.05, 0.1) is 17.3 Å². The number of nitrogens with zero attached hydrogens (tertiary/aromatic N) is 1. The molecular formula is C28H37BrFN3O4. The van der Waals surface area contributed by atoms with Crippen LogP contribution < -0.4 is 11.1 Å². The topological polar surface area (TPSA) is 110 Å². The fourth-order valence-electron chi connectivity index (χ4n) is 5.67. The third kappa shape index (κ3) is 7.49. The van der Waals surface area contributed by atoms with E-state index in [4.69, 9.17) is 5.73 Å². The van der Waals surface area contributed by atoms with Crippen LogP contribution in [0.25, 0.3) is 0 Å². The molecule has 2 atom stereocenters. The van der Waals surface area contributed by atoms with Gasteiger partial charge in [0, 0.05) is 41.9 Å². The summed E-state index contributed by atoms with van der Waals surface area (Å²) in [5.41, 5.74) is 5.24. The summed E-state index contributed by atoms with van der Waals surface area (Å²) < 4.78 is 14.1. The van der Waals surface area contributed by atoms with Crippen LogP contribution in [0.4, 0.5) is 4.39 Å². The number of halogens is 2. The number of nitrogens with two attached hydrogens (primary N) is 1. The van der Waals surface area contributed by atoms with Crippen LogP contribution >= 0.6 is 15.9 Å². The van der Waals surface area contributed by atoms with Crippen molar-refractivity contribution in [1.82, 2.24) is 10.2 Å². The summed E-state index contributed by atoms with van der Waals surface area (Å²) in [7, 11) is 0. The van der Waals surface area contributed by atoms with Gasteiger partial charge in [0.1, 0.15) is 6.67 Å². The fraction of sp³-hybridized carbons (Fsp3) is 0.571. The molecule has 1 heterocycles. The molecule has 0 unspecified atom stereocenters. The monoisotopic (exact) mass is 577 g/mol. The van der Waals surface area contributed by atoms with Crippen molar-refractivity contribution >= 4 is 39.2 Å². The van der Waals surface area contributed by atoms with Crippen LogP contribution in [0.15, 0.2) is 41.1 Å². The van der Waals surface area contributed by atoms with Crippen molar-refractivity contribution < 1.29 is 23.6 Å². The number of carbonyl (C=O) groups excluding carboxylic acids is 4. The number of rotatable bonds is 14. The second kappa shape index (κ2) is 13.3. The van der Waals surface area contributed by atoms with Crippen molar-refractivity contribution in [3.8, 4) is 0 Å². The quantitative estimate of drug-likeness (QED) is 0.249. The van der Waals surface area contributed by atoms with E-state index < -0.39 is 29.8 Å². The van der Waals surface area contributed by atoms with E-state index in [1.807, 2.05) is 12.1 Å². The van der Waals surface area contributed by atoms with Crippen molar-refractivity contribution in [3.05, 3.63) is 46.7 Å². The van der Waals surface area contributed by atoms with Crippen LogP contribution in [0.1, 0.15) is 74.6 Å². The second-order valence-corrected chi connectivity index (χ2v) is 11.2. The standard InChI is InChI=1S/C28H37BrFN3O4/c1-19(31)32-14-4-6-21(26(36)18-30)16-24(34)23-7-5-15-33(23)27(37)28(12-2-3-13-28)17-25(35)20-8-10-22(29)11-9-20/h8-11,21,23,32H,1-7,12-18,31H2/t21-,23+/m1/s1. The van der Waals surface area contributed by atoms with E-state index in [0.29, 0.717) is 63.0 Å². The Kier molecular flexibility index (Phi) is 10.4. The molecule has 1 aromatic carbocycles. The highest BCUT2D eigenvalue weighted by Gasteiger charge is 2.48. The maximum Gasteiger partial charge on any atom is 0.229 e. The average molecular weight is 579 g/mol. The summed E-state index contributed by atoms with van der Waals surface area (Å²) in [4.78, 5) is 54.3. The molecule has 0 radical (unpaired) electrons. The first-order valence-corrected chi connectivity index (χ1v) is 13.9. The number of hydrogen-bond acceptors (Lipinski definition) is 6. The molecule has 1 saturated heterocycles. The molecule has 0 spiro atoms. The number of ketones is 3. The number of alkyl halides is 1. The first kappa shape index (κ1) is 29.0. The lowest BCUT2D eigenvalue weighted by Gasteiger charge is -2.35. The minimum Gasteiger partial charge on any atom is -0.386 e. The Morgan fingerprint density at radius 2 is 1.84 bits per heavy atom. The summed E-state index contributed by atoms with van der Waals surface area (Å²) in [6, 6.07) is 6.49. The Balaban J connectivity index is 1.70. The van der Waals surface area contributed by atoms with Gasteiger partial charge in [0.2, 0.25) is 5.91 Å². The number of hydrogen-bond donors (Lipinski definition) is 2. The molecular weight excluding hydrogens is 541 g/mol. The van der Waals surface area contributed by atoms with Crippen molar-refractivity contribution in [2.75, 3.05) is 19.8 Å². The minimum absolute atomic E-state index is 0.0767. The number of carbonyl (C=O) groups is 4. The van der Waals surface area contributed by atoms with E-state index in [1.54, 1.807) is 17.0 Å². The van der Waals surface area contributed by atoms with E-state index in [-0.39, 0.29) is 30.3 Å². The zero-order chi connectivity index (χ0) is 27.0. The molecule has 1 aliphatic heterocycles. The molecule has 7 nitrogen and oxygen atoms in total. The lowest BCUT2D eigenvalue weighted by molar-refractivity contribution is -0.146. The maximum absolute atomic E-state index is 13.9. The van der Waals surface area contributed by atoms with Crippen LogP contribution in [-0.4, -0.2) is 54.0 Å². The van der Waals surface area contributed by atoms with E-state index in [1.165, 1.54) is 0 Å². The largest absolute Gasteiger partial charge is 0.386 e. The van der Waals surface area contributed by atoms with Crippen LogP contribution in [0.5, 0.6) is 0 Å². The van der Waals surface area contributed by atoms with Gasteiger partial charge in [-0.1, -0.05) is 47.5 Å². The van der Waals surface area contributed by atoms with Crippen molar-refractivity contribution in [1.29, 1.82) is 0 Å². The number of benzene rings is 1. The van der Waals surface area contributed by atoms with Crippen molar-refractivity contribution in [2.45, 2.75) is 70.3 Å². The van der Waals surface area contributed by atoms with Crippen LogP contribution in [0, 0.1) is 11.3 Å². The first-order chi connectivity index (χ1) is 17.7. The summed E-state index contributed by atoms with van der Waals surface area (Å²) in [6.07, 6.45) is 5.08. The van der Waals surface area contributed by atoms with Crippen molar-refractivity contribution in [3.63, 3.8) is 0 Å². The average Bonchev–Trinajstić information content (AvgIpc) is 3.56. The highest BCUT2D eigenvalue weighted by atomic mass is 79.9. The van der Waals surface area contributed by atoms with Crippen LogP contribution in [0.2, 0.25) is 0 Å². The lowest BCUT2D eigenvalue weighted by Crippen LogP contribution is -2.49. The highest BCUT2D eigenvalue weighted by Crippen LogP contribution is 2.45. The number of Topliss-reactive ketones (excluding diaryl/α,β-unsaturated/α-hetero) is 3. The fourth-order valence-corrected chi connectivity index (χ4v) is 5.94. The molecule has 1 amide bonds. The maximum atomic E-state index is 13.9. The van der Waals surface area contributed by atoms with E-state index >= 15 is 0 Å². The third-order valence-corrected chi connectivity index (χ3v) is 8.21. The summed E-state index contributed by atoms with van der Waals surface area (Å²) in [5, 5.41) is 2.86. The SMILES string of the molecule is C=C(N)NCCC[C@H](CC(=O)[C@@H]1CCCN1C(=O)C1(CC(=O)c2ccc(Br)cc2)CCCC1)C(=O)CF. The minimum atomic E-state index is -1.12. The first-order valence-electron chi connectivity index (χ1n) is 13.1. The summed E-state index contributed by atoms with van der Waals surface area (Å²) in [6.45, 7) is 3.36. The van der Waals surface area contributed by atoms with Gasteiger partial charge in [-0.15, -0.1) is 0 Å². The van der Waals surface area contributed by atoms with Crippen molar-refractivity contribution in [2.24, 2.45) is 17.1 Å². The van der Waals surface area contributed by atoms with Gasteiger partial charge in [-0.2, -0.15) is 0 Å². The van der Waals surface area contributed by atoms with Crippen LogP contribution in [-0.2, 0) is 14.4 Å². The molecule has 0 aromatic heterocycles. The molecule has 3 rings (SSSR count). The molecule has 3 N–H and O–H groups in total. The predicted octanol–water partition coefficient (Wildman–Crippen LogP) is 4.49. The molecule has 2 aliphatic rings. The van der Waals surface area contributed by atoms with Gasteiger partial charge < -0.3 is 16.0 Å². The molecule has 2 fully saturated rings. The Morgan fingerprint density at radius 1 is 1.16 bits per heavy atom. The van der Waals surface area contributed by atoms with Gasteiger partial charge in [-0.05, 0) is 50.7 Å². The molecule has 1 aliphatic carbocycles. The second-order valence-electron chi connectivity index (χ2n) is 10.3. The van der Waals surface area contributed by atoms with E-state index in [9.17, 15) is 23.6 Å². The normalized spacial score (nSPS) is 19.4. The molecule has 1 aromatic rings. The number of likely N-dealkylation sites (tertiary alicyclic amines) is 1. The van der Waals surface area contributed by atoms with Gasteiger partial charge in [0.15, 0.2) is 17.3 Å². The van der Waals surface area contributed by atoms with Gasteiger partial charge in [0.25, 0.3) is 0 Å². The number of amides is 1. The predicted molar refractivity (Wildman–Crippen MR) is 143 cm³/mol. The lowest BCUT2D eigenvalue weighted by atomic mass is 9.78. The Bertz CT molecular complexity index is 1010. The smallest absolute Gasteiger partial charge is 0.229 e. The van der Waals surface area contributed by atoms with E-state index in [0.717, 1.165) is 17.3 Å². The third-order valence-electron chi connectivity index (χ3n) is 7.68. The highest BCUT2D eigenvalue weighted by molar-refractivity contribution is 9.10. The van der Waals surface area contributed by atoms with E-state index in [2.05, 4.69) is 27.8 Å². The Labute approximate surface area is 226 Å². The van der Waals surface area contributed by atoms with Gasteiger partial charge in [-0.3, -0.25) is 19.2 Å². The molecule has 1 saturated carbocycles. The molecule has 37 heavy (non-hydrogen) atoms. The number of nitrogens with one attached hydrogen (secondary N) is 1. The Hall–Kier alpha value is -2.55. The molecule has 9 heteroatoms. The summed E-state index contributed by atoms with van der Waals surface area (Å²) in [5.74, 6) is -1.44. The Morgan fingerprint density at radius 3 is 2.46 bits per heavy atom. The van der Waals surface area contributed by atoms with Gasteiger partial charge >= 0.3 is 0 Å². The zero-order valence-electron chi connectivity index (χ0n) is 21.3. The van der Waals surface area contributed by atoms with Crippen LogP contribution in [0.3, 0.4) is 0 Å². The molecule has 0 bridgehead atoms. The summed E-state index contributed by atoms with van der Waals surface area (Å²) >= 11 is 3.38. The van der Waals surface area contributed by atoms with Gasteiger partial charge in [-0.25, -0.2) is 4.39 Å². The zero-order valence-corrected chi connectivity index (χ0v) is 22.9.